The molecule has 1 nitrogen and oxygen atoms in total. The Morgan fingerprint density at radius 2 is 0.944 bits per heavy atom. The summed E-state index contributed by atoms with van der Waals surface area (Å²) >= 11 is 1.92. The van der Waals surface area contributed by atoms with Crippen LogP contribution in [0.1, 0.15) is 97.4 Å². The first-order valence-electron chi connectivity index (χ1n) is 26.3. The third-order valence-corrected chi connectivity index (χ3v) is 20.5. The number of benzene rings is 9. The van der Waals surface area contributed by atoms with Crippen molar-refractivity contribution in [2.75, 3.05) is 4.90 Å². The van der Waals surface area contributed by atoms with Crippen molar-refractivity contribution < 1.29 is 0 Å². The minimum absolute atomic E-state index is 0.0952. The Balaban J connectivity index is 0.978. The van der Waals surface area contributed by atoms with Crippen LogP contribution in [-0.2, 0) is 16.2 Å². The van der Waals surface area contributed by atoms with E-state index in [1.54, 1.807) is 11.1 Å². The summed E-state index contributed by atoms with van der Waals surface area (Å²) in [5, 5.41) is 2.67. The number of nitrogens with zero attached hydrogens (tertiary/aromatic N) is 1. The molecule has 4 saturated carbocycles. The molecule has 7 aliphatic rings. The quantitative estimate of drug-likeness (QED) is 0.170. The summed E-state index contributed by atoms with van der Waals surface area (Å²) in [4.78, 5) is 2.63. The summed E-state index contributed by atoms with van der Waals surface area (Å²) in [6, 6.07) is 78.2. The topological polar surface area (TPSA) is 3.24 Å². The molecule has 17 rings (SSSR count). The van der Waals surface area contributed by atoms with Gasteiger partial charge in [0, 0.05) is 48.1 Å². The lowest BCUT2D eigenvalue weighted by atomic mass is 9.36. The van der Waals surface area contributed by atoms with E-state index < -0.39 is 5.41 Å². The van der Waals surface area contributed by atoms with Crippen LogP contribution in [0.25, 0.3) is 53.6 Å². The smallest absolute Gasteiger partial charge is 0.0719 e. The number of anilines is 3. The number of fused-ring (bicyclic) bond motifs is 15. The first kappa shape index (κ1) is 40.7. The van der Waals surface area contributed by atoms with Crippen LogP contribution in [0.4, 0.5) is 17.1 Å². The lowest BCUT2D eigenvalue weighted by Crippen LogP contribution is -2.61. The summed E-state index contributed by atoms with van der Waals surface area (Å²) in [5.41, 5.74) is 23.2. The van der Waals surface area contributed by atoms with Crippen molar-refractivity contribution in [2.24, 2.45) is 23.2 Å². The van der Waals surface area contributed by atoms with Gasteiger partial charge in [0.15, 0.2) is 0 Å². The fourth-order valence-electron chi connectivity index (χ4n) is 17.0. The van der Waals surface area contributed by atoms with Crippen LogP contribution in [0.15, 0.2) is 200 Å². The third-order valence-electron chi connectivity index (χ3n) is 19.3. The second-order valence-corrected chi connectivity index (χ2v) is 24.3. The second-order valence-electron chi connectivity index (χ2n) is 23.2. The van der Waals surface area contributed by atoms with Gasteiger partial charge < -0.3 is 4.90 Å². The zero-order chi connectivity index (χ0) is 47.0. The summed E-state index contributed by atoms with van der Waals surface area (Å²) in [6.07, 6.45) is 6.63. The highest BCUT2D eigenvalue weighted by Crippen LogP contribution is 2.74. The van der Waals surface area contributed by atoms with Gasteiger partial charge in [-0.15, -0.1) is 11.3 Å². The Hall–Kier alpha value is -7.00. The molecule has 1 aromatic heterocycles. The lowest BCUT2D eigenvalue weighted by molar-refractivity contribution is -0.0919. The molecule has 4 bridgehead atoms. The van der Waals surface area contributed by atoms with Crippen molar-refractivity contribution in [3.63, 3.8) is 0 Å². The molecule has 2 heteroatoms. The fraction of sp³-hybridized carbons (Fsp3) is 0.217. The fourth-order valence-corrected chi connectivity index (χ4v) is 18.2. The Kier molecular flexibility index (Phi) is 8.09. The van der Waals surface area contributed by atoms with Crippen molar-refractivity contribution >= 4 is 48.6 Å². The van der Waals surface area contributed by atoms with E-state index in [4.69, 9.17) is 0 Å². The van der Waals surface area contributed by atoms with E-state index in [2.05, 4.69) is 226 Å². The van der Waals surface area contributed by atoms with Crippen molar-refractivity contribution in [2.45, 2.75) is 69.1 Å². The average molecular weight is 930 g/mol. The van der Waals surface area contributed by atoms with Crippen LogP contribution in [0.2, 0.25) is 0 Å². The molecule has 5 atom stereocenters. The standard InChI is InChI=1S/C69H55NS/c1-66(2)56-24-8-4-18-50(56)53-32-30-47(37-62(53)66)70(46-17-14-16-43(36-46)49-22-15-23-55-54-21-7-13-29-64(54)71-65(49)55)48-31-33-61-63(38-48)68(44-34-42-35-45(68)41-67(3,39-42)40-44)59-27-11-12-28-60(59)69(61)57-25-9-5-19-51(57)52-20-6-10-26-58(52)69/h4-33,36-38,42,44-45H,34-35,39-41H2,1-3H3/t42-,44+,45-,67?,68?. The highest BCUT2D eigenvalue weighted by molar-refractivity contribution is 7.26. The molecule has 71 heavy (non-hydrogen) atoms. The molecule has 0 aliphatic heterocycles. The molecule has 0 saturated heterocycles. The van der Waals surface area contributed by atoms with Crippen molar-refractivity contribution in [3.05, 3.63) is 245 Å². The average Bonchev–Trinajstić information content (AvgIpc) is 4.01. The molecule has 0 amide bonds. The van der Waals surface area contributed by atoms with E-state index in [0.29, 0.717) is 17.3 Å². The van der Waals surface area contributed by atoms with E-state index in [1.807, 2.05) is 11.3 Å². The van der Waals surface area contributed by atoms with Crippen LogP contribution in [0, 0.1) is 23.2 Å². The number of rotatable bonds is 4. The first-order chi connectivity index (χ1) is 34.8. The van der Waals surface area contributed by atoms with Gasteiger partial charge >= 0.3 is 0 Å². The lowest BCUT2D eigenvalue weighted by Gasteiger charge is -2.67. The molecule has 342 valence electrons. The molecule has 0 N–H and O–H groups in total. The third kappa shape index (κ3) is 5.17. The maximum Gasteiger partial charge on any atom is 0.0719 e. The zero-order valence-corrected chi connectivity index (χ0v) is 41.5. The normalized spacial score (nSPS) is 23.9. The number of hydrogen-bond acceptors (Lipinski definition) is 2. The molecule has 2 unspecified atom stereocenters. The first-order valence-corrected chi connectivity index (χ1v) is 27.1. The SMILES string of the molecule is CC12C[C@H]3C[C@H](C1)C1(c4ccccc4C4(c5ccccc5-c5ccccc54)c4ccc(N(c5cccc(-c6cccc7c6sc6ccccc67)c5)c5ccc6c(c5)C(C)(C)c5ccccc5-6)cc41)[C@@H](C3)C2. The molecule has 2 spiro atoms. The van der Waals surface area contributed by atoms with Crippen molar-refractivity contribution in [1.82, 2.24) is 0 Å². The summed E-state index contributed by atoms with van der Waals surface area (Å²) < 4.78 is 2.69. The van der Waals surface area contributed by atoms with Crippen LogP contribution in [0.5, 0.6) is 0 Å². The van der Waals surface area contributed by atoms with Gasteiger partial charge in [-0.2, -0.15) is 0 Å². The van der Waals surface area contributed by atoms with Crippen LogP contribution in [0.3, 0.4) is 0 Å². The number of hydrogen-bond donors (Lipinski definition) is 0. The molecule has 4 fully saturated rings. The molecule has 1 heterocycles. The predicted octanol–water partition coefficient (Wildman–Crippen LogP) is 18.3. The highest BCUT2D eigenvalue weighted by Gasteiger charge is 2.66. The molecule has 7 aliphatic carbocycles. The van der Waals surface area contributed by atoms with Gasteiger partial charge in [0.25, 0.3) is 0 Å². The number of thiophene rings is 1. The van der Waals surface area contributed by atoms with E-state index in [1.165, 1.54) is 136 Å². The molecule has 9 aromatic carbocycles. The summed E-state index contributed by atoms with van der Waals surface area (Å²) in [5.74, 6) is 1.97. The Bertz CT molecular complexity index is 3860. The van der Waals surface area contributed by atoms with Gasteiger partial charge in [-0.1, -0.05) is 178 Å². The van der Waals surface area contributed by atoms with E-state index >= 15 is 0 Å². The minimum Gasteiger partial charge on any atom is -0.310 e. The van der Waals surface area contributed by atoms with E-state index in [-0.39, 0.29) is 10.8 Å². The molecule has 10 aromatic rings. The van der Waals surface area contributed by atoms with Gasteiger partial charge in [0.1, 0.15) is 0 Å². The van der Waals surface area contributed by atoms with Crippen molar-refractivity contribution in [1.29, 1.82) is 0 Å². The monoisotopic (exact) mass is 929 g/mol. The minimum atomic E-state index is -0.432. The summed E-state index contributed by atoms with van der Waals surface area (Å²) in [7, 11) is 0. The predicted molar refractivity (Wildman–Crippen MR) is 297 cm³/mol. The Labute approximate surface area is 421 Å². The van der Waals surface area contributed by atoms with Gasteiger partial charge in [0.05, 0.1) is 5.41 Å². The molecular formula is C69H55NS. The highest BCUT2D eigenvalue weighted by atomic mass is 32.1. The molecular weight excluding hydrogens is 875 g/mol. The maximum atomic E-state index is 2.74. The van der Waals surface area contributed by atoms with Gasteiger partial charge in [-0.25, -0.2) is 0 Å². The Morgan fingerprint density at radius 1 is 0.408 bits per heavy atom. The van der Waals surface area contributed by atoms with Crippen LogP contribution < -0.4 is 4.90 Å². The maximum absolute atomic E-state index is 2.74. The van der Waals surface area contributed by atoms with Gasteiger partial charge in [-0.3, -0.25) is 0 Å². The van der Waals surface area contributed by atoms with Crippen LogP contribution in [-0.4, -0.2) is 0 Å². The van der Waals surface area contributed by atoms with E-state index in [9.17, 15) is 0 Å². The van der Waals surface area contributed by atoms with Crippen molar-refractivity contribution in [3.8, 4) is 33.4 Å². The second kappa shape index (κ2) is 14.1. The summed E-state index contributed by atoms with van der Waals surface area (Å²) in [6.45, 7) is 7.48. The van der Waals surface area contributed by atoms with Crippen LogP contribution >= 0.6 is 11.3 Å². The largest absolute Gasteiger partial charge is 0.310 e. The van der Waals surface area contributed by atoms with E-state index in [0.717, 1.165) is 5.92 Å². The Morgan fingerprint density at radius 3 is 1.68 bits per heavy atom. The van der Waals surface area contributed by atoms with Gasteiger partial charge in [0.2, 0.25) is 0 Å². The molecule has 0 radical (unpaired) electrons. The van der Waals surface area contributed by atoms with Gasteiger partial charge in [-0.05, 0) is 176 Å². The zero-order valence-electron chi connectivity index (χ0n) is 40.7.